The molecule has 0 bridgehead atoms. The molecule has 0 amide bonds. The Kier molecular flexibility index (Phi) is 5.54. The van der Waals surface area contributed by atoms with E-state index in [1.807, 2.05) is 42.5 Å². The molecule has 1 saturated heterocycles. The highest BCUT2D eigenvalue weighted by Crippen LogP contribution is 2.35. The summed E-state index contributed by atoms with van der Waals surface area (Å²) in [6.45, 7) is 6.11. The zero-order chi connectivity index (χ0) is 17.7. The summed E-state index contributed by atoms with van der Waals surface area (Å²) in [5.41, 5.74) is 2.44. The van der Waals surface area contributed by atoms with Crippen molar-refractivity contribution in [1.29, 1.82) is 0 Å². The predicted molar refractivity (Wildman–Crippen MR) is 101 cm³/mol. The third kappa shape index (κ3) is 4.29. The highest BCUT2D eigenvalue weighted by Gasteiger charge is 2.37. The van der Waals surface area contributed by atoms with Crippen LogP contribution in [0.3, 0.4) is 0 Å². The van der Waals surface area contributed by atoms with Crippen molar-refractivity contribution in [2.75, 3.05) is 13.1 Å². The lowest BCUT2D eigenvalue weighted by atomic mass is 9.84. The number of carbonyl (C=O) groups excluding carboxylic acids is 1. The zero-order valence-corrected chi connectivity index (χ0v) is 15.1. The number of carbonyl (C=O) groups is 1. The molecular formula is C22H27NO2. The predicted octanol–water partition coefficient (Wildman–Crippen LogP) is 4.32. The minimum Gasteiger partial charge on any atom is -0.450 e. The van der Waals surface area contributed by atoms with Gasteiger partial charge in [-0.2, -0.15) is 0 Å². The Bertz CT molecular complexity index is 686. The average molecular weight is 337 g/mol. The molecule has 1 fully saturated rings. The molecule has 3 nitrogen and oxygen atoms in total. The van der Waals surface area contributed by atoms with E-state index < -0.39 is 5.60 Å². The lowest BCUT2D eigenvalue weighted by molar-refractivity contribution is -0.0378. The van der Waals surface area contributed by atoms with Crippen LogP contribution in [0.15, 0.2) is 54.6 Å². The summed E-state index contributed by atoms with van der Waals surface area (Å²) in [5.74, 6) is 0.371. The Morgan fingerprint density at radius 1 is 1.04 bits per heavy atom. The Labute approximate surface area is 150 Å². The molecule has 1 heterocycles. The topological polar surface area (TPSA) is 38.3 Å². The standard InChI is InChI=1S/C22H27NO2/c1-17(2)16-18-8-10-19(11-9-18)21(24)25-22(12-14-23-15-13-22)20-6-4-3-5-7-20/h3-11,17,23H,12-16H2,1-2H3. The normalized spacial score (nSPS) is 16.6. The van der Waals surface area contributed by atoms with Crippen LogP contribution in [0.4, 0.5) is 0 Å². The van der Waals surface area contributed by atoms with Crippen molar-refractivity contribution in [1.82, 2.24) is 5.32 Å². The molecule has 0 unspecified atom stereocenters. The van der Waals surface area contributed by atoms with Crippen LogP contribution in [-0.2, 0) is 16.8 Å². The first-order valence-electron chi connectivity index (χ1n) is 9.18. The van der Waals surface area contributed by atoms with Gasteiger partial charge in [0.2, 0.25) is 0 Å². The van der Waals surface area contributed by atoms with Crippen molar-refractivity contribution in [3.63, 3.8) is 0 Å². The second-order valence-corrected chi connectivity index (χ2v) is 7.29. The van der Waals surface area contributed by atoms with Gasteiger partial charge < -0.3 is 10.1 Å². The van der Waals surface area contributed by atoms with Crippen LogP contribution < -0.4 is 5.32 Å². The van der Waals surface area contributed by atoms with Gasteiger partial charge in [-0.25, -0.2) is 4.79 Å². The van der Waals surface area contributed by atoms with E-state index in [1.165, 1.54) is 5.56 Å². The lowest BCUT2D eigenvalue weighted by Gasteiger charge is -2.37. The molecule has 0 aliphatic carbocycles. The molecule has 3 rings (SSSR count). The van der Waals surface area contributed by atoms with Crippen molar-refractivity contribution in [2.24, 2.45) is 5.92 Å². The molecule has 25 heavy (non-hydrogen) atoms. The van der Waals surface area contributed by atoms with Crippen LogP contribution in [0.1, 0.15) is 48.2 Å². The van der Waals surface area contributed by atoms with Crippen molar-refractivity contribution in [3.8, 4) is 0 Å². The highest BCUT2D eigenvalue weighted by atomic mass is 16.6. The maximum atomic E-state index is 12.8. The minimum atomic E-state index is -0.528. The van der Waals surface area contributed by atoms with Crippen LogP contribution in [0.25, 0.3) is 0 Å². The molecular weight excluding hydrogens is 310 g/mol. The third-order valence-electron chi connectivity index (χ3n) is 4.83. The van der Waals surface area contributed by atoms with Crippen molar-refractivity contribution >= 4 is 5.97 Å². The largest absolute Gasteiger partial charge is 0.450 e. The van der Waals surface area contributed by atoms with Gasteiger partial charge in [0.25, 0.3) is 0 Å². The number of hydrogen-bond donors (Lipinski definition) is 1. The van der Waals surface area contributed by atoms with Crippen LogP contribution in [0.5, 0.6) is 0 Å². The van der Waals surface area contributed by atoms with Gasteiger partial charge in [0.05, 0.1) is 5.56 Å². The van der Waals surface area contributed by atoms with Crippen LogP contribution in [-0.4, -0.2) is 19.1 Å². The van der Waals surface area contributed by atoms with Gasteiger partial charge in [0, 0.05) is 12.8 Å². The van der Waals surface area contributed by atoms with Gasteiger partial charge in [-0.15, -0.1) is 0 Å². The van der Waals surface area contributed by atoms with Gasteiger partial charge in [0.15, 0.2) is 0 Å². The molecule has 1 aliphatic heterocycles. The molecule has 132 valence electrons. The molecule has 0 radical (unpaired) electrons. The van der Waals surface area contributed by atoms with E-state index in [2.05, 4.69) is 31.3 Å². The van der Waals surface area contributed by atoms with Crippen LogP contribution >= 0.6 is 0 Å². The van der Waals surface area contributed by atoms with E-state index in [0.29, 0.717) is 11.5 Å². The first-order chi connectivity index (χ1) is 12.1. The maximum absolute atomic E-state index is 12.8. The first-order valence-corrected chi connectivity index (χ1v) is 9.18. The Morgan fingerprint density at radius 2 is 1.68 bits per heavy atom. The second-order valence-electron chi connectivity index (χ2n) is 7.29. The number of ether oxygens (including phenoxy) is 1. The van der Waals surface area contributed by atoms with E-state index in [4.69, 9.17) is 4.74 Å². The number of esters is 1. The summed E-state index contributed by atoms with van der Waals surface area (Å²) in [7, 11) is 0. The van der Waals surface area contributed by atoms with Gasteiger partial charge in [-0.05, 0) is 48.7 Å². The summed E-state index contributed by atoms with van der Waals surface area (Å²) in [6.07, 6.45) is 2.62. The Hall–Kier alpha value is -2.13. The van der Waals surface area contributed by atoms with Gasteiger partial charge in [-0.3, -0.25) is 0 Å². The fourth-order valence-electron chi connectivity index (χ4n) is 3.51. The van der Waals surface area contributed by atoms with E-state index in [1.54, 1.807) is 0 Å². The molecule has 2 aromatic rings. The molecule has 0 saturated carbocycles. The number of nitrogens with one attached hydrogen (secondary N) is 1. The fourth-order valence-corrected chi connectivity index (χ4v) is 3.51. The Balaban J connectivity index is 1.79. The van der Waals surface area contributed by atoms with Gasteiger partial charge >= 0.3 is 5.97 Å². The summed E-state index contributed by atoms with van der Waals surface area (Å²) < 4.78 is 6.09. The van der Waals surface area contributed by atoms with Crippen molar-refractivity contribution in [3.05, 3.63) is 71.3 Å². The average Bonchev–Trinajstić information content (AvgIpc) is 2.63. The summed E-state index contributed by atoms with van der Waals surface area (Å²) in [4.78, 5) is 12.8. The summed E-state index contributed by atoms with van der Waals surface area (Å²) >= 11 is 0. The van der Waals surface area contributed by atoms with Gasteiger partial charge in [0.1, 0.15) is 5.60 Å². The summed E-state index contributed by atoms with van der Waals surface area (Å²) in [5, 5.41) is 3.36. The maximum Gasteiger partial charge on any atom is 0.339 e. The minimum absolute atomic E-state index is 0.234. The van der Waals surface area contributed by atoms with E-state index in [9.17, 15) is 4.79 Å². The van der Waals surface area contributed by atoms with Crippen LogP contribution in [0, 0.1) is 5.92 Å². The molecule has 2 aromatic carbocycles. The van der Waals surface area contributed by atoms with E-state index >= 15 is 0 Å². The van der Waals surface area contributed by atoms with Crippen LogP contribution in [0.2, 0.25) is 0 Å². The number of rotatable bonds is 5. The monoisotopic (exact) mass is 337 g/mol. The van der Waals surface area contributed by atoms with Crippen molar-refractivity contribution < 1.29 is 9.53 Å². The van der Waals surface area contributed by atoms with E-state index in [-0.39, 0.29) is 5.97 Å². The Morgan fingerprint density at radius 3 is 2.28 bits per heavy atom. The molecule has 0 spiro atoms. The lowest BCUT2D eigenvalue weighted by Crippen LogP contribution is -2.43. The smallest absolute Gasteiger partial charge is 0.339 e. The number of piperidine rings is 1. The molecule has 0 aromatic heterocycles. The molecule has 3 heteroatoms. The zero-order valence-electron chi connectivity index (χ0n) is 15.1. The highest BCUT2D eigenvalue weighted by molar-refractivity contribution is 5.89. The second kappa shape index (κ2) is 7.83. The van der Waals surface area contributed by atoms with E-state index in [0.717, 1.165) is 37.9 Å². The summed E-state index contributed by atoms with van der Waals surface area (Å²) in [6, 6.07) is 18.0. The number of benzene rings is 2. The SMILES string of the molecule is CC(C)Cc1ccc(C(=O)OC2(c3ccccc3)CCNCC2)cc1. The first kappa shape index (κ1) is 17.7. The molecule has 0 atom stereocenters. The van der Waals surface area contributed by atoms with Gasteiger partial charge in [-0.1, -0.05) is 56.3 Å². The molecule has 1 N–H and O–H groups in total. The number of hydrogen-bond acceptors (Lipinski definition) is 3. The quantitative estimate of drug-likeness (QED) is 0.826. The molecule has 1 aliphatic rings. The fraction of sp³-hybridized carbons (Fsp3) is 0.409. The van der Waals surface area contributed by atoms with Crippen molar-refractivity contribution in [2.45, 2.75) is 38.7 Å². The third-order valence-corrected chi connectivity index (χ3v) is 4.83.